The Morgan fingerprint density at radius 3 is 2.23 bits per heavy atom. The van der Waals surface area contributed by atoms with Crippen molar-refractivity contribution in [2.45, 2.75) is 13.8 Å². The molecule has 0 bridgehead atoms. The first kappa shape index (κ1) is 24.9. The zero-order valence-electron chi connectivity index (χ0n) is 21.9. The average Bonchev–Trinajstić information content (AvgIpc) is 3.44. The lowest BCUT2D eigenvalue weighted by molar-refractivity contribution is 0.101. The Labute approximate surface area is 230 Å². The zero-order valence-corrected chi connectivity index (χ0v) is 21.9. The predicted molar refractivity (Wildman–Crippen MR) is 159 cm³/mol. The van der Waals surface area contributed by atoms with Crippen molar-refractivity contribution in [1.82, 2.24) is 10.2 Å². The monoisotopic (exact) mass is 526 g/mol. The van der Waals surface area contributed by atoms with E-state index < -0.39 is 0 Å². The van der Waals surface area contributed by atoms with E-state index in [4.69, 9.17) is 0 Å². The molecule has 1 heterocycles. The topological polar surface area (TPSA) is 107 Å². The van der Waals surface area contributed by atoms with E-state index in [-0.39, 0.29) is 17.6 Å². The Morgan fingerprint density at radius 2 is 1.45 bits per heavy atom. The fourth-order valence-corrected chi connectivity index (χ4v) is 4.83. The second kappa shape index (κ2) is 10.0. The van der Waals surface area contributed by atoms with Crippen LogP contribution in [0.25, 0.3) is 32.8 Å². The molecule has 1 aromatic heterocycles. The molecule has 2 amide bonds. The van der Waals surface area contributed by atoms with Crippen LogP contribution in [0.2, 0.25) is 0 Å². The van der Waals surface area contributed by atoms with Crippen molar-refractivity contribution in [1.29, 1.82) is 0 Å². The van der Waals surface area contributed by atoms with E-state index >= 15 is 0 Å². The minimum atomic E-state index is -0.368. The number of aryl methyl sites for hydroxylation is 1. The van der Waals surface area contributed by atoms with Gasteiger partial charge in [-0.1, -0.05) is 48.5 Å². The second-order valence-electron chi connectivity index (χ2n) is 9.80. The molecule has 0 saturated heterocycles. The number of phenolic OH excluding ortho intramolecular Hbond substituents is 1. The van der Waals surface area contributed by atoms with E-state index in [0.29, 0.717) is 22.3 Å². The lowest BCUT2D eigenvalue weighted by atomic mass is 9.97. The number of anilines is 2. The van der Waals surface area contributed by atoms with Crippen LogP contribution < -0.4 is 10.6 Å². The van der Waals surface area contributed by atoms with Crippen LogP contribution in [-0.2, 0) is 0 Å². The van der Waals surface area contributed by atoms with Gasteiger partial charge in [0, 0.05) is 22.2 Å². The summed E-state index contributed by atoms with van der Waals surface area (Å²) in [5, 5.41) is 26.1. The van der Waals surface area contributed by atoms with Gasteiger partial charge in [-0.3, -0.25) is 14.7 Å². The number of nitrogens with zero attached hydrogens (tertiary/aromatic N) is 1. The third-order valence-electron chi connectivity index (χ3n) is 7.24. The lowest BCUT2D eigenvalue weighted by Gasteiger charge is -2.12. The molecule has 7 nitrogen and oxygen atoms in total. The molecular formula is C33H26N4O3. The number of rotatable bonds is 5. The van der Waals surface area contributed by atoms with Gasteiger partial charge < -0.3 is 15.7 Å². The number of aromatic hydroxyl groups is 1. The fourth-order valence-electron chi connectivity index (χ4n) is 4.83. The van der Waals surface area contributed by atoms with Gasteiger partial charge in [-0.05, 0) is 89.3 Å². The van der Waals surface area contributed by atoms with Gasteiger partial charge in [0.05, 0.1) is 17.4 Å². The van der Waals surface area contributed by atoms with Crippen LogP contribution in [0.4, 0.5) is 11.4 Å². The molecule has 0 aliphatic rings. The van der Waals surface area contributed by atoms with Gasteiger partial charge in [-0.25, -0.2) is 0 Å². The van der Waals surface area contributed by atoms with Crippen LogP contribution in [0.15, 0.2) is 97.2 Å². The van der Waals surface area contributed by atoms with E-state index in [1.807, 2.05) is 68.4 Å². The van der Waals surface area contributed by atoms with Crippen LogP contribution in [0.3, 0.4) is 0 Å². The second-order valence-corrected chi connectivity index (χ2v) is 9.80. The number of aromatic amines is 1. The maximum atomic E-state index is 13.3. The van der Waals surface area contributed by atoms with E-state index in [9.17, 15) is 14.7 Å². The highest BCUT2D eigenvalue weighted by atomic mass is 16.3. The van der Waals surface area contributed by atoms with Crippen molar-refractivity contribution in [3.8, 4) is 16.9 Å². The largest absolute Gasteiger partial charge is 0.506 e. The SMILES string of the molecule is Cc1cccc(NC(=O)c2ccc(-c3cc(C(=O)Nc4cc5ccccc5cc4O)cc4[nH]ncc34)cc2)c1C. The van der Waals surface area contributed by atoms with Gasteiger partial charge in [0.25, 0.3) is 11.8 Å². The normalized spacial score (nSPS) is 11.1. The van der Waals surface area contributed by atoms with Gasteiger partial charge >= 0.3 is 0 Å². The summed E-state index contributed by atoms with van der Waals surface area (Å²) in [6, 6.07) is 27.6. The molecule has 7 heteroatoms. The van der Waals surface area contributed by atoms with Gasteiger partial charge in [0.1, 0.15) is 5.75 Å². The number of aromatic nitrogens is 2. The number of carbonyl (C=O) groups is 2. The van der Waals surface area contributed by atoms with Crippen molar-refractivity contribution in [3.05, 3.63) is 119 Å². The first-order chi connectivity index (χ1) is 19.4. The summed E-state index contributed by atoms with van der Waals surface area (Å²) in [6.45, 7) is 3.99. The van der Waals surface area contributed by atoms with Crippen molar-refractivity contribution in [3.63, 3.8) is 0 Å². The average molecular weight is 527 g/mol. The molecule has 40 heavy (non-hydrogen) atoms. The van der Waals surface area contributed by atoms with E-state index in [1.54, 1.807) is 42.6 Å². The summed E-state index contributed by atoms with van der Waals surface area (Å²) in [5.41, 5.74) is 6.49. The van der Waals surface area contributed by atoms with Crippen molar-refractivity contribution in [2.75, 3.05) is 10.6 Å². The molecular weight excluding hydrogens is 500 g/mol. The quantitative estimate of drug-likeness (QED) is 0.178. The Balaban J connectivity index is 1.29. The van der Waals surface area contributed by atoms with Gasteiger partial charge in [-0.15, -0.1) is 0 Å². The molecule has 0 saturated carbocycles. The molecule has 0 fully saturated rings. The number of benzene rings is 5. The highest BCUT2D eigenvalue weighted by molar-refractivity contribution is 6.10. The molecule has 6 rings (SSSR count). The fraction of sp³-hybridized carbons (Fsp3) is 0.0606. The number of hydrogen-bond donors (Lipinski definition) is 4. The predicted octanol–water partition coefficient (Wildman–Crippen LogP) is 7.21. The number of fused-ring (bicyclic) bond motifs is 2. The zero-order chi connectivity index (χ0) is 27.8. The number of carbonyl (C=O) groups excluding carboxylic acids is 2. The maximum Gasteiger partial charge on any atom is 0.255 e. The van der Waals surface area contributed by atoms with E-state index in [2.05, 4.69) is 20.8 Å². The van der Waals surface area contributed by atoms with Crippen LogP contribution in [-0.4, -0.2) is 27.1 Å². The molecule has 0 aliphatic carbocycles. The van der Waals surface area contributed by atoms with Crippen LogP contribution in [0.5, 0.6) is 5.75 Å². The minimum absolute atomic E-state index is 0.00962. The lowest BCUT2D eigenvalue weighted by Crippen LogP contribution is -2.13. The Morgan fingerprint density at radius 1 is 0.750 bits per heavy atom. The van der Waals surface area contributed by atoms with Crippen LogP contribution >= 0.6 is 0 Å². The molecule has 4 N–H and O–H groups in total. The number of H-pyrrole nitrogens is 1. The van der Waals surface area contributed by atoms with Gasteiger partial charge in [0.15, 0.2) is 0 Å². The van der Waals surface area contributed by atoms with Gasteiger partial charge in [-0.2, -0.15) is 5.10 Å². The molecule has 0 atom stereocenters. The summed E-state index contributed by atoms with van der Waals surface area (Å²) in [5.74, 6) is -0.575. The molecule has 6 aromatic rings. The molecule has 0 aliphatic heterocycles. The smallest absolute Gasteiger partial charge is 0.255 e. The van der Waals surface area contributed by atoms with Gasteiger partial charge in [0.2, 0.25) is 0 Å². The highest BCUT2D eigenvalue weighted by Crippen LogP contribution is 2.32. The summed E-state index contributed by atoms with van der Waals surface area (Å²) in [4.78, 5) is 26.2. The third-order valence-corrected chi connectivity index (χ3v) is 7.24. The highest BCUT2D eigenvalue weighted by Gasteiger charge is 2.16. The number of hydrogen-bond acceptors (Lipinski definition) is 4. The summed E-state index contributed by atoms with van der Waals surface area (Å²) in [6.07, 6.45) is 1.71. The summed E-state index contributed by atoms with van der Waals surface area (Å²) < 4.78 is 0. The summed E-state index contributed by atoms with van der Waals surface area (Å²) in [7, 11) is 0. The first-order valence-electron chi connectivity index (χ1n) is 12.9. The van der Waals surface area contributed by atoms with E-state index in [0.717, 1.165) is 44.1 Å². The molecule has 0 spiro atoms. The molecule has 5 aromatic carbocycles. The third kappa shape index (κ3) is 4.65. The number of phenols is 1. The Bertz CT molecular complexity index is 1920. The molecule has 196 valence electrons. The Kier molecular flexibility index (Phi) is 6.24. The first-order valence-corrected chi connectivity index (χ1v) is 12.9. The maximum absolute atomic E-state index is 13.3. The summed E-state index contributed by atoms with van der Waals surface area (Å²) >= 11 is 0. The molecule has 0 unspecified atom stereocenters. The van der Waals surface area contributed by atoms with Crippen molar-refractivity contribution >= 4 is 44.9 Å². The van der Waals surface area contributed by atoms with Crippen molar-refractivity contribution in [2.24, 2.45) is 0 Å². The van der Waals surface area contributed by atoms with Crippen LogP contribution in [0, 0.1) is 13.8 Å². The number of amides is 2. The minimum Gasteiger partial charge on any atom is -0.506 e. The van der Waals surface area contributed by atoms with Crippen molar-refractivity contribution < 1.29 is 14.7 Å². The molecule has 0 radical (unpaired) electrons. The number of nitrogens with one attached hydrogen (secondary N) is 3. The van der Waals surface area contributed by atoms with E-state index in [1.165, 1.54) is 0 Å². The standard InChI is InChI=1S/C33H26N4O3/c1-19-6-5-9-28(20(19)2)35-32(39)22-12-10-21(11-13-22)26-14-25(16-29-27(26)18-34-37-29)33(40)36-30-15-23-7-3-4-8-24(23)17-31(30)38/h3-18,38H,1-2H3,(H,34,37)(H,35,39)(H,36,40). The van der Waals surface area contributed by atoms with Crippen LogP contribution in [0.1, 0.15) is 31.8 Å². The Hall–Kier alpha value is -5.43.